The number of urea groups is 1. The summed E-state index contributed by atoms with van der Waals surface area (Å²) in [6.45, 7) is 3.59. The lowest BCUT2D eigenvalue weighted by atomic mass is 10.0. The maximum Gasteiger partial charge on any atom is 0.319 e. The SMILES string of the molecule is Cc1cscc1NC(=O)NCCCC1CCCCO1. The fourth-order valence-corrected chi connectivity index (χ4v) is 3.00. The zero-order chi connectivity index (χ0) is 13.5. The Morgan fingerprint density at radius 3 is 3.05 bits per heavy atom. The van der Waals surface area contributed by atoms with Crippen LogP contribution in [0, 0.1) is 6.92 Å². The molecule has 1 aliphatic heterocycles. The molecule has 1 aromatic heterocycles. The van der Waals surface area contributed by atoms with Gasteiger partial charge >= 0.3 is 6.03 Å². The average Bonchev–Trinajstić information content (AvgIpc) is 2.82. The van der Waals surface area contributed by atoms with Gasteiger partial charge in [0.25, 0.3) is 0 Å². The summed E-state index contributed by atoms with van der Waals surface area (Å²) in [6.07, 6.45) is 6.05. The molecular weight excluding hydrogens is 260 g/mol. The molecule has 1 aromatic rings. The van der Waals surface area contributed by atoms with E-state index in [1.54, 1.807) is 11.3 Å². The molecule has 0 spiro atoms. The van der Waals surface area contributed by atoms with Crippen molar-refractivity contribution in [3.63, 3.8) is 0 Å². The van der Waals surface area contributed by atoms with Crippen LogP contribution in [0.4, 0.5) is 10.5 Å². The van der Waals surface area contributed by atoms with Gasteiger partial charge in [0.05, 0.1) is 11.8 Å². The molecule has 2 N–H and O–H groups in total. The highest BCUT2D eigenvalue weighted by Crippen LogP contribution is 2.19. The summed E-state index contributed by atoms with van der Waals surface area (Å²) in [7, 11) is 0. The first kappa shape index (κ1) is 14.3. The molecule has 0 aromatic carbocycles. The summed E-state index contributed by atoms with van der Waals surface area (Å²) < 4.78 is 5.66. The number of hydrogen-bond donors (Lipinski definition) is 2. The minimum Gasteiger partial charge on any atom is -0.378 e. The van der Waals surface area contributed by atoms with E-state index < -0.39 is 0 Å². The smallest absolute Gasteiger partial charge is 0.319 e. The van der Waals surface area contributed by atoms with Crippen molar-refractivity contribution in [1.82, 2.24) is 5.32 Å². The summed E-state index contributed by atoms with van der Waals surface area (Å²) in [5, 5.41) is 9.72. The Hall–Kier alpha value is -1.07. The lowest BCUT2D eigenvalue weighted by Crippen LogP contribution is -2.30. The van der Waals surface area contributed by atoms with Crippen molar-refractivity contribution in [2.24, 2.45) is 0 Å². The standard InChI is InChI=1S/C14H22N2O2S/c1-11-9-19-10-13(11)16-14(17)15-7-4-6-12-5-2-3-8-18-12/h9-10,12H,2-8H2,1H3,(H2,15,16,17). The molecule has 1 saturated heterocycles. The molecule has 2 heterocycles. The normalized spacial score (nSPS) is 19.1. The van der Waals surface area contributed by atoms with Crippen LogP contribution in [0.3, 0.4) is 0 Å². The van der Waals surface area contributed by atoms with Gasteiger partial charge in [-0.1, -0.05) is 0 Å². The Kier molecular flexibility index (Phi) is 5.66. The van der Waals surface area contributed by atoms with Crippen LogP contribution in [0.5, 0.6) is 0 Å². The van der Waals surface area contributed by atoms with Crippen molar-refractivity contribution in [2.45, 2.75) is 45.1 Å². The molecule has 0 aliphatic carbocycles. The molecule has 0 bridgehead atoms. The number of anilines is 1. The third-order valence-electron chi connectivity index (χ3n) is 3.37. The third kappa shape index (κ3) is 4.84. The number of rotatable bonds is 5. The largest absolute Gasteiger partial charge is 0.378 e. The predicted octanol–water partition coefficient (Wildman–Crippen LogP) is 3.53. The summed E-state index contributed by atoms with van der Waals surface area (Å²) in [6, 6.07) is -0.119. The first-order chi connectivity index (χ1) is 9.25. The van der Waals surface area contributed by atoms with Crippen molar-refractivity contribution in [1.29, 1.82) is 0 Å². The van der Waals surface area contributed by atoms with Gasteiger partial charge < -0.3 is 15.4 Å². The minimum absolute atomic E-state index is 0.119. The monoisotopic (exact) mass is 282 g/mol. The first-order valence-electron chi connectivity index (χ1n) is 6.95. The van der Waals surface area contributed by atoms with Crippen molar-refractivity contribution >= 4 is 23.1 Å². The maximum atomic E-state index is 11.7. The molecule has 1 fully saturated rings. The van der Waals surface area contributed by atoms with E-state index in [1.165, 1.54) is 19.3 Å². The number of amides is 2. The van der Waals surface area contributed by atoms with E-state index in [9.17, 15) is 4.79 Å². The molecule has 0 radical (unpaired) electrons. The number of ether oxygens (including phenoxy) is 1. The van der Waals surface area contributed by atoms with Crippen LogP contribution in [-0.2, 0) is 4.74 Å². The van der Waals surface area contributed by atoms with Gasteiger partial charge in [-0.2, -0.15) is 0 Å². The molecular formula is C14H22N2O2S. The van der Waals surface area contributed by atoms with Crippen molar-refractivity contribution in [3.05, 3.63) is 16.3 Å². The van der Waals surface area contributed by atoms with E-state index in [0.717, 1.165) is 30.7 Å². The van der Waals surface area contributed by atoms with Crippen molar-refractivity contribution in [3.8, 4) is 0 Å². The third-order valence-corrected chi connectivity index (χ3v) is 4.23. The summed E-state index contributed by atoms with van der Waals surface area (Å²) in [4.78, 5) is 11.7. The van der Waals surface area contributed by atoms with E-state index in [1.807, 2.05) is 17.7 Å². The zero-order valence-corrected chi connectivity index (χ0v) is 12.2. The van der Waals surface area contributed by atoms with E-state index in [4.69, 9.17) is 4.74 Å². The number of carbonyl (C=O) groups excluding carboxylic acids is 1. The molecule has 1 unspecified atom stereocenters. The van der Waals surface area contributed by atoms with Crippen LogP contribution < -0.4 is 10.6 Å². The van der Waals surface area contributed by atoms with Gasteiger partial charge in [-0.05, 0) is 50.0 Å². The Labute approximate surface area is 118 Å². The Morgan fingerprint density at radius 2 is 2.37 bits per heavy atom. The Balaban J connectivity index is 1.57. The summed E-state index contributed by atoms with van der Waals surface area (Å²) in [5.74, 6) is 0. The van der Waals surface area contributed by atoms with E-state index in [0.29, 0.717) is 12.6 Å². The van der Waals surface area contributed by atoms with E-state index >= 15 is 0 Å². The second kappa shape index (κ2) is 7.50. The highest BCUT2D eigenvalue weighted by atomic mass is 32.1. The van der Waals surface area contributed by atoms with Gasteiger partial charge in [0.2, 0.25) is 0 Å². The number of carbonyl (C=O) groups is 1. The number of aryl methyl sites for hydroxylation is 1. The van der Waals surface area contributed by atoms with Crippen LogP contribution in [0.2, 0.25) is 0 Å². The van der Waals surface area contributed by atoms with Gasteiger partial charge in [0, 0.05) is 18.5 Å². The molecule has 2 rings (SSSR count). The van der Waals surface area contributed by atoms with E-state index in [2.05, 4.69) is 10.6 Å². The minimum atomic E-state index is -0.119. The molecule has 19 heavy (non-hydrogen) atoms. The highest BCUT2D eigenvalue weighted by molar-refractivity contribution is 7.08. The van der Waals surface area contributed by atoms with Crippen molar-refractivity contribution in [2.75, 3.05) is 18.5 Å². The first-order valence-corrected chi connectivity index (χ1v) is 7.89. The topological polar surface area (TPSA) is 50.4 Å². The average molecular weight is 282 g/mol. The quantitative estimate of drug-likeness (QED) is 0.812. The van der Waals surface area contributed by atoms with Gasteiger partial charge in [0.15, 0.2) is 0 Å². The fourth-order valence-electron chi connectivity index (χ4n) is 2.22. The number of hydrogen-bond acceptors (Lipinski definition) is 3. The molecule has 1 aliphatic rings. The number of thiophene rings is 1. The van der Waals surface area contributed by atoms with Crippen molar-refractivity contribution < 1.29 is 9.53 Å². The lowest BCUT2D eigenvalue weighted by molar-refractivity contribution is 0.0103. The predicted molar refractivity (Wildman–Crippen MR) is 78.9 cm³/mol. The molecule has 1 atom stereocenters. The van der Waals surface area contributed by atoms with Crippen LogP contribution in [-0.4, -0.2) is 25.3 Å². The second-order valence-electron chi connectivity index (χ2n) is 4.98. The van der Waals surface area contributed by atoms with Crippen LogP contribution in [0.15, 0.2) is 10.8 Å². The maximum absolute atomic E-state index is 11.7. The molecule has 5 heteroatoms. The Bertz CT molecular complexity index is 400. The zero-order valence-electron chi connectivity index (χ0n) is 11.4. The van der Waals surface area contributed by atoms with Crippen LogP contribution >= 0.6 is 11.3 Å². The van der Waals surface area contributed by atoms with Gasteiger partial charge in [-0.15, -0.1) is 11.3 Å². The molecule has 0 saturated carbocycles. The van der Waals surface area contributed by atoms with Crippen LogP contribution in [0.1, 0.15) is 37.7 Å². The van der Waals surface area contributed by atoms with Crippen LogP contribution in [0.25, 0.3) is 0 Å². The second-order valence-corrected chi connectivity index (χ2v) is 5.72. The van der Waals surface area contributed by atoms with E-state index in [-0.39, 0.29) is 6.03 Å². The Morgan fingerprint density at radius 1 is 1.47 bits per heavy atom. The lowest BCUT2D eigenvalue weighted by Gasteiger charge is -2.22. The summed E-state index contributed by atoms with van der Waals surface area (Å²) >= 11 is 1.60. The van der Waals surface area contributed by atoms with Gasteiger partial charge in [-0.3, -0.25) is 0 Å². The molecule has 106 valence electrons. The molecule has 4 nitrogen and oxygen atoms in total. The summed E-state index contributed by atoms with van der Waals surface area (Å²) in [5.41, 5.74) is 2.01. The highest BCUT2D eigenvalue weighted by Gasteiger charge is 2.13. The molecule has 2 amide bonds. The van der Waals surface area contributed by atoms with Gasteiger partial charge in [-0.25, -0.2) is 4.79 Å². The fraction of sp³-hybridized carbons (Fsp3) is 0.643. The number of nitrogens with one attached hydrogen (secondary N) is 2. The van der Waals surface area contributed by atoms with Gasteiger partial charge in [0.1, 0.15) is 0 Å².